The standard InChI is InChI=1S/C8H6O4/c1-10-7-4-5-2-3-6(7)12-8(9)11-5/h2-4H,1H3. The van der Waals surface area contributed by atoms with E-state index in [4.69, 9.17) is 14.2 Å². The summed E-state index contributed by atoms with van der Waals surface area (Å²) in [4.78, 5) is 10.8. The monoisotopic (exact) mass is 166 g/mol. The van der Waals surface area contributed by atoms with Crippen LogP contribution in [0.3, 0.4) is 0 Å². The van der Waals surface area contributed by atoms with E-state index in [1.807, 2.05) is 0 Å². The van der Waals surface area contributed by atoms with Gasteiger partial charge in [0.1, 0.15) is 5.75 Å². The third-order valence-electron chi connectivity index (χ3n) is 1.53. The highest BCUT2D eigenvalue weighted by Gasteiger charge is 2.18. The molecule has 0 unspecified atom stereocenters. The fourth-order valence-electron chi connectivity index (χ4n) is 1.00. The maximum Gasteiger partial charge on any atom is 0.519 e. The first-order valence-electron chi connectivity index (χ1n) is 3.37. The molecule has 0 saturated carbocycles. The fourth-order valence-corrected chi connectivity index (χ4v) is 1.00. The Kier molecular flexibility index (Phi) is 1.40. The van der Waals surface area contributed by atoms with Crippen LogP contribution in [0.5, 0.6) is 17.2 Å². The quantitative estimate of drug-likeness (QED) is 0.469. The number of hydrogen-bond donors (Lipinski definition) is 0. The van der Waals surface area contributed by atoms with E-state index >= 15 is 0 Å². The Labute approximate surface area is 68.7 Å². The molecular weight excluding hydrogens is 160 g/mol. The van der Waals surface area contributed by atoms with Gasteiger partial charge in [-0.3, -0.25) is 0 Å². The number of hydrogen-bond acceptors (Lipinski definition) is 4. The summed E-state index contributed by atoms with van der Waals surface area (Å²) in [5, 5.41) is 0. The van der Waals surface area contributed by atoms with Crippen molar-refractivity contribution in [2.24, 2.45) is 0 Å². The predicted octanol–water partition coefficient (Wildman–Crippen LogP) is 1.59. The van der Waals surface area contributed by atoms with Gasteiger partial charge in [-0.1, -0.05) is 0 Å². The van der Waals surface area contributed by atoms with Crippen molar-refractivity contribution in [3.05, 3.63) is 18.2 Å². The number of fused-ring (bicyclic) bond motifs is 4. The van der Waals surface area contributed by atoms with Crippen LogP contribution < -0.4 is 14.2 Å². The van der Waals surface area contributed by atoms with E-state index in [0.29, 0.717) is 17.2 Å². The van der Waals surface area contributed by atoms with Gasteiger partial charge in [-0.15, -0.1) is 0 Å². The minimum Gasteiger partial charge on any atom is -0.493 e. The van der Waals surface area contributed by atoms with Crippen molar-refractivity contribution >= 4 is 6.16 Å². The summed E-state index contributed by atoms with van der Waals surface area (Å²) >= 11 is 0. The highest BCUT2D eigenvalue weighted by Crippen LogP contribution is 2.34. The molecule has 4 heteroatoms. The zero-order valence-electron chi connectivity index (χ0n) is 6.37. The minimum atomic E-state index is -0.728. The molecule has 0 aliphatic carbocycles. The van der Waals surface area contributed by atoms with Gasteiger partial charge in [0.15, 0.2) is 11.5 Å². The molecule has 0 saturated heterocycles. The second-order valence-corrected chi connectivity index (χ2v) is 2.27. The van der Waals surface area contributed by atoms with Crippen LogP contribution in [-0.4, -0.2) is 13.3 Å². The van der Waals surface area contributed by atoms with Crippen LogP contribution in [0.1, 0.15) is 0 Å². The number of methoxy groups -OCH3 is 1. The Bertz CT molecular complexity index is 332. The summed E-state index contributed by atoms with van der Waals surface area (Å²) in [5.74, 6) is 1.31. The molecule has 0 amide bonds. The number of benzene rings is 1. The zero-order valence-corrected chi connectivity index (χ0v) is 6.37. The third kappa shape index (κ3) is 0.972. The molecule has 62 valence electrons. The van der Waals surface area contributed by atoms with Crippen molar-refractivity contribution in [3.8, 4) is 17.2 Å². The van der Waals surface area contributed by atoms with Gasteiger partial charge in [0.2, 0.25) is 0 Å². The van der Waals surface area contributed by atoms with Crippen molar-refractivity contribution in [3.63, 3.8) is 0 Å². The smallest absolute Gasteiger partial charge is 0.493 e. The summed E-state index contributed by atoms with van der Waals surface area (Å²) < 4.78 is 14.4. The summed E-state index contributed by atoms with van der Waals surface area (Å²) in [6, 6.07) is 4.86. The van der Waals surface area contributed by atoms with Crippen LogP contribution in [0.4, 0.5) is 4.79 Å². The van der Waals surface area contributed by atoms with E-state index in [0.717, 1.165) is 0 Å². The summed E-state index contributed by atoms with van der Waals surface area (Å²) in [7, 11) is 1.50. The Morgan fingerprint density at radius 1 is 1.33 bits per heavy atom. The second kappa shape index (κ2) is 2.41. The van der Waals surface area contributed by atoms with Gasteiger partial charge in [0.25, 0.3) is 0 Å². The van der Waals surface area contributed by atoms with E-state index in [2.05, 4.69) is 0 Å². The van der Waals surface area contributed by atoms with Crippen LogP contribution in [-0.2, 0) is 0 Å². The SMILES string of the molecule is COc1cc2ccc1OC(=O)O2. The summed E-state index contributed by atoms with van der Waals surface area (Å²) in [5.41, 5.74) is 0. The lowest BCUT2D eigenvalue weighted by Crippen LogP contribution is -2.10. The van der Waals surface area contributed by atoms with Crippen LogP contribution in [0.2, 0.25) is 0 Å². The Morgan fingerprint density at radius 3 is 2.92 bits per heavy atom. The van der Waals surface area contributed by atoms with Gasteiger partial charge >= 0.3 is 6.16 Å². The molecule has 2 aliphatic heterocycles. The van der Waals surface area contributed by atoms with Crippen molar-refractivity contribution in [1.82, 2.24) is 0 Å². The lowest BCUT2D eigenvalue weighted by atomic mass is 10.3. The van der Waals surface area contributed by atoms with Crippen LogP contribution in [0, 0.1) is 0 Å². The molecule has 0 atom stereocenters. The van der Waals surface area contributed by atoms with Gasteiger partial charge in [-0.25, -0.2) is 4.79 Å². The topological polar surface area (TPSA) is 44.8 Å². The van der Waals surface area contributed by atoms with E-state index in [1.54, 1.807) is 18.2 Å². The van der Waals surface area contributed by atoms with E-state index in [1.165, 1.54) is 7.11 Å². The first kappa shape index (κ1) is 6.97. The molecular formula is C8H6O4. The molecule has 2 heterocycles. The van der Waals surface area contributed by atoms with E-state index in [9.17, 15) is 4.79 Å². The average molecular weight is 166 g/mol. The Morgan fingerprint density at radius 2 is 2.17 bits per heavy atom. The van der Waals surface area contributed by atoms with E-state index in [-0.39, 0.29) is 0 Å². The van der Waals surface area contributed by atoms with Gasteiger partial charge < -0.3 is 14.2 Å². The molecule has 0 N–H and O–H groups in total. The molecule has 1 aromatic carbocycles. The molecule has 0 radical (unpaired) electrons. The molecule has 1 aromatic rings. The van der Waals surface area contributed by atoms with Crippen LogP contribution in [0.15, 0.2) is 18.2 Å². The van der Waals surface area contributed by atoms with Crippen LogP contribution in [0.25, 0.3) is 0 Å². The predicted molar refractivity (Wildman–Crippen MR) is 39.6 cm³/mol. The molecule has 3 rings (SSSR count). The van der Waals surface area contributed by atoms with Crippen molar-refractivity contribution in [2.45, 2.75) is 0 Å². The van der Waals surface area contributed by atoms with Crippen LogP contribution >= 0.6 is 0 Å². The lowest BCUT2D eigenvalue weighted by Gasteiger charge is -2.01. The lowest BCUT2D eigenvalue weighted by molar-refractivity contribution is 0.154. The Hall–Kier alpha value is -1.71. The highest BCUT2D eigenvalue weighted by atomic mass is 16.7. The third-order valence-corrected chi connectivity index (χ3v) is 1.53. The van der Waals surface area contributed by atoms with E-state index < -0.39 is 6.16 Å². The molecule has 0 fully saturated rings. The molecule has 4 nitrogen and oxygen atoms in total. The number of carbonyl (C=O) groups excluding carboxylic acids is 1. The maximum absolute atomic E-state index is 10.8. The fraction of sp³-hybridized carbons (Fsp3) is 0.125. The average Bonchev–Trinajstić information content (AvgIpc) is 2.32. The maximum atomic E-state index is 10.8. The molecule has 0 aromatic heterocycles. The van der Waals surface area contributed by atoms with Crippen molar-refractivity contribution in [1.29, 1.82) is 0 Å². The normalized spacial score (nSPS) is 13.2. The number of carbonyl (C=O) groups is 1. The molecule has 12 heavy (non-hydrogen) atoms. The molecule has 0 spiro atoms. The largest absolute Gasteiger partial charge is 0.519 e. The molecule has 2 bridgehead atoms. The first-order chi connectivity index (χ1) is 5.79. The second-order valence-electron chi connectivity index (χ2n) is 2.27. The van der Waals surface area contributed by atoms with Gasteiger partial charge in [0.05, 0.1) is 7.11 Å². The van der Waals surface area contributed by atoms with Gasteiger partial charge in [0, 0.05) is 6.07 Å². The van der Waals surface area contributed by atoms with Crippen molar-refractivity contribution in [2.75, 3.05) is 7.11 Å². The highest BCUT2D eigenvalue weighted by molar-refractivity contribution is 5.71. The van der Waals surface area contributed by atoms with Crippen molar-refractivity contribution < 1.29 is 19.0 Å². The summed E-state index contributed by atoms with van der Waals surface area (Å²) in [6.45, 7) is 0. The first-order valence-corrected chi connectivity index (χ1v) is 3.37. The number of rotatable bonds is 1. The summed E-state index contributed by atoms with van der Waals surface area (Å²) in [6.07, 6.45) is -0.728. The zero-order chi connectivity index (χ0) is 8.55. The minimum absolute atomic E-state index is 0.378. The Balaban J connectivity index is 2.53. The number of ether oxygens (including phenoxy) is 3. The van der Waals surface area contributed by atoms with Gasteiger partial charge in [-0.05, 0) is 12.1 Å². The van der Waals surface area contributed by atoms with Gasteiger partial charge in [-0.2, -0.15) is 0 Å². The molecule has 2 aliphatic rings.